The van der Waals surface area contributed by atoms with Crippen LogP contribution in [-0.2, 0) is 0 Å². The van der Waals surface area contributed by atoms with Crippen molar-refractivity contribution in [3.8, 4) is 5.75 Å². The average molecular weight is 222 g/mol. The summed E-state index contributed by atoms with van der Waals surface area (Å²) in [6, 6.07) is 5.52. The first kappa shape index (κ1) is 11.2. The molecule has 0 aromatic heterocycles. The summed E-state index contributed by atoms with van der Waals surface area (Å²) in [5, 5.41) is 13.5. The number of rotatable bonds is 3. The van der Waals surface area contributed by atoms with Gasteiger partial charge in [-0.05, 0) is 25.5 Å². The SMILES string of the molecule is COc1ccc(C(O)C2CCCN2)c(N)c1. The molecule has 0 spiro atoms. The van der Waals surface area contributed by atoms with Crippen molar-refractivity contribution in [1.29, 1.82) is 0 Å². The van der Waals surface area contributed by atoms with Gasteiger partial charge in [-0.25, -0.2) is 0 Å². The number of hydrogen-bond acceptors (Lipinski definition) is 4. The summed E-state index contributed by atoms with van der Waals surface area (Å²) in [6.45, 7) is 0.970. The summed E-state index contributed by atoms with van der Waals surface area (Å²) in [6.07, 6.45) is 1.57. The van der Waals surface area contributed by atoms with Gasteiger partial charge in [0.15, 0.2) is 0 Å². The van der Waals surface area contributed by atoms with Gasteiger partial charge in [0.05, 0.1) is 13.2 Å². The van der Waals surface area contributed by atoms with Gasteiger partial charge in [0.2, 0.25) is 0 Å². The van der Waals surface area contributed by atoms with Gasteiger partial charge in [-0.3, -0.25) is 0 Å². The Hall–Kier alpha value is -1.26. The molecule has 0 saturated carbocycles. The Bertz CT molecular complexity index is 362. The lowest BCUT2D eigenvalue weighted by Crippen LogP contribution is -2.29. The highest BCUT2D eigenvalue weighted by atomic mass is 16.5. The lowest BCUT2D eigenvalue weighted by atomic mass is 9.99. The number of aliphatic hydroxyl groups excluding tert-OH is 1. The van der Waals surface area contributed by atoms with Crippen LogP contribution in [0.4, 0.5) is 5.69 Å². The van der Waals surface area contributed by atoms with Crippen LogP contribution in [0.3, 0.4) is 0 Å². The van der Waals surface area contributed by atoms with Gasteiger partial charge < -0.3 is 20.9 Å². The van der Waals surface area contributed by atoms with Crippen LogP contribution in [0.25, 0.3) is 0 Å². The molecule has 1 aliphatic heterocycles. The predicted octanol–water partition coefficient (Wildman–Crippen LogP) is 1.06. The van der Waals surface area contributed by atoms with Gasteiger partial charge >= 0.3 is 0 Å². The van der Waals surface area contributed by atoms with E-state index in [1.807, 2.05) is 12.1 Å². The van der Waals surface area contributed by atoms with Gasteiger partial charge in [0.1, 0.15) is 5.75 Å². The van der Waals surface area contributed by atoms with Crippen molar-refractivity contribution in [3.05, 3.63) is 23.8 Å². The zero-order chi connectivity index (χ0) is 11.5. The predicted molar refractivity (Wildman–Crippen MR) is 63.4 cm³/mol. The Labute approximate surface area is 95.4 Å². The third-order valence-electron chi connectivity index (χ3n) is 3.09. The summed E-state index contributed by atoms with van der Waals surface area (Å²) in [4.78, 5) is 0. The van der Waals surface area contributed by atoms with Gasteiger partial charge in [-0.1, -0.05) is 6.07 Å². The van der Waals surface area contributed by atoms with Crippen LogP contribution in [0.15, 0.2) is 18.2 Å². The van der Waals surface area contributed by atoms with E-state index in [9.17, 15) is 5.11 Å². The first-order valence-electron chi connectivity index (χ1n) is 5.57. The number of nitrogens with two attached hydrogens (primary N) is 1. The molecule has 4 heteroatoms. The fraction of sp³-hybridized carbons (Fsp3) is 0.500. The zero-order valence-corrected chi connectivity index (χ0v) is 9.44. The molecule has 4 N–H and O–H groups in total. The molecule has 88 valence electrons. The molecule has 1 aromatic rings. The third-order valence-corrected chi connectivity index (χ3v) is 3.09. The van der Waals surface area contributed by atoms with Gasteiger partial charge in [0, 0.05) is 23.4 Å². The summed E-state index contributed by atoms with van der Waals surface area (Å²) in [5.74, 6) is 0.716. The molecule has 2 rings (SSSR count). The zero-order valence-electron chi connectivity index (χ0n) is 9.44. The number of aliphatic hydroxyl groups is 1. The average Bonchev–Trinajstić information content (AvgIpc) is 2.81. The molecule has 1 aromatic carbocycles. The maximum absolute atomic E-state index is 10.2. The molecule has 1 saturated heterocycles. The minimum absolute atomic E-state index is 0.121. The highest BCUT2D eigenvalue weighted by Gasteiger charge is 2.25. The fourth-order valence-corrected chi connectivity index (χ4v) is 2.15. The van der Waals surface area contributed by atoms with Crippen LogP contribution < -0.4 is 15.8 Å². The smallest absolute Gasteiger partial charge is 0.120 e. The number of hydrogen-bond donors (Lipinski definition) is 3. The number of nitrogens with one attached hydrogen (secondary N) is 1. The molecule has 1 fully saturated rings. The lowest BCUT2D eigenvalue weighted by molar-refractivity contribution is 0.138. The molecule has 2 atom stereocenters. The highest BCUT2D eigenvalue weighted by Crippen LogP contribution is 2.29. The summed E-state index contributed by atoms with van der Waals surface area (Å²) >= 11 is 0. The maximum atomic E-state index is 10.2. The topological polar surface area (TPSA) is 67.5 Å². The van der Waals surface area contributed by atoms with Gasteiger partial charge in [-0.15, -0.1) is 0 Å². The third kappa shape index (κ3) is 2.13. The van der Waals surface area contributed by atoms with Crippen LogP contribution in [-0.4, -0.2) is 24.8 Å². The Balaban J connectivity index is 2.19. The van der Waals surface area contributed by atoms with E-state index < -0.39 is 6.10 Å². The molecule has 0 bridgehead atoms. The van der Waals surface area contributed by atoms with Crippen molar-refractivity contribution in [1.82, 2.24) is 5.32 Å². The first-order valence-corrected chi connectivity index (χ1v) is 5.57. The molecule has 4 nitrogen and oxygen atoms in total. The number of ether oxygens (including phenoxy) is 1. The Morgan fingerprint density at radius 1 is 1.56 bits per heavy atom. The lowest BCUT2D eigenvalue weighted by Gasteiger charge is -2.20. The molecule has 0 amide bonds. The number of methoxy groups -OCH3 is 1. The van der Waals surface area contributed by atoms with E-state index in [0.29, 0.717) is 11.4 Å². The second-order valence-corrected chi connectivity index (χ2v) is 4.14. The standard InChI is InChI=1S/C12H18N2O2/c1-16-8-4-5-9(10(13)7-8)12(15)11-3-2-6-14-11/h4-5,7,11-12,14-15H,2-3,6,13H2,1H3. The van der Waals surface area contributed by atoms with E-state index >= 15 is 0 Å². The molecule has 0 radical (unpaired) electrons. The summed E-state index contributed by atoms with van der Waals surface area (Å²) < 4.78 is 5.08. The van der Waals surface area contributed by atoms with Gasteiger partial charge in [0.25, 0.3) is 0 Å². The van der Waals surface area contributed by atoms with Crippen molar-refractivity contribution < 1.29 is 9.84 Å². The van der Waals surface area contributed by atoms with Crippen LogP contribution in [0.1, 0.15) is 24.5 Å². The van der Waals surface area contributed by atoms with Crippen molar-refractivity contribution >= 4 is 5.69 Å². The van der Waals surface area contributed by atoms with E-state index in [2.05, 4.69) is 5.32 Å². The Morgan fingerprint density at radius 3 is 2.94 bits per heavy atom. The second kappa shape index (κ2) is 4.72. The normalized spacial score (nSPS) is 22.0. The van der Waals surface area contributed by atoms with Crippen molar-refractivity contribution in [3.63, 3.8) is 0 Å². The largest absolute Gasteiger partial charge is 0.497 e. The Morgan fingerprint density at radius 2 is 2.38 bits per heavy atom. The Kier molecular flexibility index (Phi) is 3.31. The monoisotopic (exact) mass is 222 g/mol. The van der Waals surface area contributed by atoms with Gasteiger partial charge in [-0.2, -0.15) is 0 Å². The van der Waals surface area contributed by atoms with Crippen LogP contribution in [0.2, 0.25) is 0 Å². The molecule has 16 heavy (non-hydrogen) atoms. The van der Waals surface area contributed by atoms with Crippen LogP contribution in [0.5, 0.6) is 5.75 Å². The van der Waals surface area contributed by atoms with E-state index in [4.69, 9.17) is 10.5 Å². The number of nitrogen functional groups attached to an aromatic ring is 1. The molecule has 0 aliphatic carbocycles. The van der Waals surface area contributed by atoms with E-state index in [1.165, 1.54) is 0 Å². The van der Waals surface area contributed by atoms with Crippen molar-refractivity contribution in [2.24, 2.45) is 0 Å². The quantitative estimate of drug-likeness (QED) is 0.669. The van der Waals surface area contributed by atoms with Crippen LogP contribution >= 0.6 is 0 Å². The molecular weight excluding hydrogens is 204 g/mol. The van der Waals surface area contributed by atoms with Crippen LogP contribution in [0, 0.1) is 0 Å². The molecule has 2 unspecified atom stereocenters. The second-order valence-electron chi connectivity index (χ2n) is 4.14. The fourth-order valence-electron chi connectivity index (χ4n) is 2.15. The van der Waals surface area contributed by atoms with E-state index in [-0.39, 0.29) is 6.04 Å². The maximum Gasteiger partial charge on any atom is 0.120 e. The van der Waals surface area contributed by atoms with Crippen molar-refractivity contribution in [2.75, 3.05) is 19.4 Å². The van der Waals surface area contributed by atoms with Crippen molar-refractivity contribution in [2.45, 2.75) is 25.0 Å². The molecule has 1 aliphatic rings. The number of anilines is 1. The van der Waals surface area contributed by atoms with E-state index in [1.54, 1.807) is 13.2 Å². The van der Waals surface area contributed by atoms with E-state index in [0.717, 1.165) is 24.9 Å². The minimum Gasteiger partial charge on any atom is -0.497 e. The first-order chi connectivity index (χ1) is 7.72. The minimum atomic E-state index is -0.534. The molecular formula is C12H18N2O2. The summed E-state index contributed by atoms with van der Waals surface area (Å²) in [5.41, 5.74) is 7.26. The number of benzene rings is 1. The molecule has 1 heterocycles. The summed E-state index contributed by atoms with van der Waals surface area (Å²) in [7, 11) is 1.60. The highest BCUT2D eigenvalue weighted by molar-refractivity contribution is 5.52.